The van der Waals surface area contributed by atoms with Gasteiger partial charge in [0.25, 0.3) is 0 Å². The molecule has 0 spiro atoms. The first-order valence-electron chi connectivity index (χ1n) is 12.6. The molecule has 0 bridgehead atoms. The summed E-state index contributed by atoms with van der Waals surface area (Å²) in [6.45, 7) is 7.37. The van der Waals surface area contributed by atoms with Crippen LogP contribution in [0, 0.1) is 53.3 Å². The molecule has 0 heterocycles. The van der Waals surface area contributed by atoms with E-state index in [1.807, 2.05) is 7.11 Å². The third kappa shape index (κ3) is 4.15. The van der Waals surface area contributed by atoms with Crippen LogP contribution in [0.25, 0.3) is 0 Å². The highest BCUT2D eigenvalue weighted by atomic mass is 16.5. The van der Waals surface area contributed by atoms with Gasteiger partial charge in [0, 0.05) is 7.11 Å². The molecular weight excluding hydrogens is 328 g/mol. The SMILES string of the molecule is COC1CCC2C(CCC3C2CCC2C(C(C)CCCC(C)C)CCC23)C1. The molecule has 0 amide bonds. The molecule has 0 aromatic heterocycles. The minimum Gasteiger partial charge on any atom is -0.381 e. The highest BCUT2D eigenvalue weighted by Crippen LogP contribution is 2.60. The zero-order valence-corrected chi connectivity index (χ0v) is 18.7. The van der Waals surface area contributed by atoms with Gasteiger partial charge in [-0.15, -0.1) is 0 Å². The Labute approximate surface area is 169 Å². The maximum absolute atomic E-state index is 5.73. The minimum absolute atomic E-state index is 0.571. The van der Waals surface area contributed by atoms with E-state index in [0.717, 1.165) is 53.3 Å². The van der Waals surface area contributed by atoms with Gasteiger partial charge >= 0.3 is 0 Å². The average Bonchev–Trinajstić information content (AvgIpc) is 3.11. The molecule has 4 aliphatic rings. The van der Waals surface area contributed by atoms with Gasteiger partial charge in [0.1, 0.15) is 0 Å². The topological polar surface area (TPSA) is 9.23 Å². The second-order valence-electron chi connectivity index (χ2n) is 11.4. The first-order chi connectivity index (χ1) is 13.1. The summed E-state index contributed by atoms with van der Waals surface area (Å²) in [4.78, 5) is 0. The molecule has 9 atom stereocenters. The number of rotatable bonds is 6. The van der Waals surface area contributed by atoms with Crippen molar-refractivity contribution in [3.8, 4) is 0 Å². The van der Waals surface area contributed by atoms with Gasteiger partial charge in [0.15, 0.2) is 0 Å². The summed E-state index contributed by atoms with van der Waals surface area (Å²) < 4.78 is 5.73. The van der Waals surface area contributed by atoms with Crippen molar-refractivity contribution in [2.45, 2.75) is 104 Å². The zero-order chi connectivity index (χ0) is 19.0. The van der Waals surface area contributed by atoms with E-state index in [4.69, 9.17) is 4.74 Å². The van der Waals surface area contributed by atoms with Crippen LogP contribution in [0.4, 0.5) is 0 Å². The lowest BCUT2D eigenvalue weighted by molar-refractivity contribution is -0.0602. The summed E-state index contributed by atoms with van der Waals surface area (Å²) in [7, 11) is 1.93. The number of methoxy groups -OCH3 is 1. The van der Waals surface area contributed by atoms with Gasteiger partial charge in [-0.1, -0.05) is 40.0 Å². The van der Waals surface area contributed by atoms with E-state index >= 15 is 0 Å². The molecule has 156 valence electrons. The molecule has 0 N–H and O–H groups in total. The molecule has 4 aliphatic carbocycles. The Kier molecular flexibility index (Phi) is 6.57. The molecule has 0 aliphatic heterocycles. The highest BCUT2D eigenvalue weighted by molar-refractivity contribution is 5.01. The Morgan fingerprint density at radius 2 is 1.33 bits per heavy atom. The predicted octanol–water partition coefficient (Wildman–Crippen LogP) is 7.34. The van der Waals surface area contributed by atoms with E-state index in [0.29, 0.717) is 6.10 Å². The summed E-state index contributed by atoms with van der Waals surface area (Å²) in [5, 5.41) is 0. The van der Waals surface area contributed by atoms with Gasteiger partial charge in [-0.3, -0.25) is 0 Å². The van der Waals surface area contributed by atoms with Crippen LogP contribution in [-0.4, -0.2) is 13.2 Å². The van der Waals surface area contributed by atoms with Crippen molar-refractivity contribution >= 4 is 0 Å². The third-order valence-corrected chi connectivity index (χ3v) is 9.79. The summed E-state index contributed by atoms with van der Waals surface area (Å²) in [5.41, 5.74) is 0. The van der Waals surface area contributed by atoms with E-state index in [1.165, 1.54) is 44.9 Å². The van der Waals surface area contributed by atoms with Crippen molar-refractivity contribution in [1.82, 2.24) is 0 Å². The van der Waals surface area contributed by atoms with E-state index in [-0.39, 0.29) is 0 Å². The summed E-state index contributed by atoms with van der Waals surface area (Å²) in [5.74, 6) is 9.33. The lowest BCUT2D eigenvalue weighted by atomic mass is 9.53. The molecule has 0 aromatic rings. The lowest BCUT2D eigenvalue weighted by Gasteiger charge is -2.53. The van der Waals surface area contributed by atoms with Crippen molar-refractivity contribution in [3.05, 3.63) is 0 Å². The molecule has 0 saturated heterocycles. The van der Waals surface area contributed by atoms with Crippen LogP contribution in [-0.2, 0) is 4.74 Å². The summed E-state index contributed by atoms with van der Waals surface area (Å²) in [6.07, 6.45) is 18.5. The van der Waals surface area contributed by atoms with Crippen LogP contribution < -0.4 is 0 Å². The molecule has 1 nitrogen and oxygen atoms in total. The molecule has 0 radical (unpaired) electrons. The van der Waals surface area contributed by atoms with E-state index in [1.54, 1.807) is 32.1 Å². The fraction of sp³-hybridized carbons (Fsp3) is 1.00. The van der Waals surface area contributed by atoms with E-state index in [9.17, 15) is 0 Å². The maximum Gasteiger partial charge on any atom is 0.0574 e. The summed E-state index contributed by atoms with van der Waals surface area (Å²) >= 11 is 0. The van der Waals surface area contributed by atoms with Gasteiger partial charge in [0.05, 0.1) is 6.10 Å². The predicted molar refractivity (Wildman–Crippen MR) is 115 cm³/mol. The highest BCUT2D eigenvalue weighted by Gasteiger charge is 2.52. The standard InChI is InChI=1S/C26H46O/c1-17(2)6-5-7-18(3)21-12-13-26-23(21)14-15-24-22-11-9-20(27-4)16-19(22)8-10-25(24)26/h17-26H,5-16H2,1-4H3. The molecule has 0 aromatic carbocycles. The molecule has 1 heteroatoms. The maximum atomic E-state index is 5.73. The van der Waals surface area contributed by atoms with E-state index < -0.39 is 0 Å². The van der Waals surface area contributed by atoms with Crippen molar-refractivity contribution in [2.24, 2.45) is 53.3 Å². The fourth-order valence-corrected chi connectivity index (χ4v) is 8.50. The van der Waals surface area contributed by atoms with E-state index in [2.05, 4.69) is 20.8 Å². The van der Waals surface area contributed by atoms with Gasteiger partial charge in [-0.25, -0.2) is 0 Å². The van der Waals surface area contributed by atoms with Gasteiger partial charge < -0.3 is 4.74 Å². The second kappa shape index (κ2) is 8.76. The zero-order valence-electron chi connectivity index (χ0n) is 18.7. The number of hydrogen-bond acceptors (Lipinski definition) is 1. The van der Waals surface area contributed by atoms with Gasteiger partial charge in [0.2, 0.25) is 0 Å². The lowest BCUT2D eigenvalue weighted by Crippen LogP contribution is -2.46. The molecule has 9 unspecified atom stereocenters. The monoisotopic (exact) mass is 374 g/mol. The van der Waals surface area contributed by atoms with Crippen molar-refractivity contribution in [3.63, 3.8) is 0 Å². The molecule has 4 saturated carbocycles. The quantitative estimate of drug-likeness (QED) is 0.472. The molecule has 4 rings (SSSR count). The Morgan fingerprint density at radius 1 is 0.704 bits per heavy atom. The largest absolute Gasteiger partial charge is 0.381 e. The fourth-order valence-electron chi connectivity index (χ4n) is 8.50. The Morgan fingerprint density at radius 3 is 2.11 bits per heavy atom. The third-order valence-electron chi connectivity index (χ3n) is 9.79. The Bertz CT molecular complexity index is 471. The Balaban J connectivity index is 1.35. The smallest absolute Gasteiger partial charge is 0.0574 e. The van der Waals surface area contributed by atoms with Crippen LogP contribution in [0.2, 0.25) is 0 Å². The van der Waals surface area contributed by atoms with Crippen LogP contribution in [0.5, 0.6) is 0 Å². The van der Waals surface area contributed by atoms with Crippen LogP contribution >= 0.6 is 0 Å². The van der Waals surface area contributed by atoms with Crippen LogP contribution in [0.1, 0.15) is 97.8 Å². The molecule has 4 fully saturated rings. The van der Waals surface area contributed by atoms with Crippen molar-refractivity contribution in [1.29, 1.82) is 0 Å². The normalized spacial score (nSPS) is 45.2. The first kappa shape index (κ1) is 20.2. The number of hydrogen-bond donors (Lipinski definition) is 0. The number of fused-ring (bicyclic) bond motifs is 5. The van der Waals surface area contributed by atoms with Crippen molar-refractivity contribution < 1.29 is 4.74 Å². The molecular formula is C26H46O. The number of ether oxygens (including phenoxy) is 1. The molecule has 27 heavy (non-hydrogen) atoms. The first-order valence-corrected chi connectivity index (χ1v) is 12.6. The minimum atomic E-state index is 0.571. The van der Waals surface area contributed by atoms with Crippen LogP contribution in [0.15, 0.2) is 0 Å². The second-order valence-corrected chi connectivity index (χ2v) is 11.4. The summed E-state index contributed by atoms with van der Waals surface area (Å²) in [6, 6.07) is 0. The van der Waals surface area contributed by atoms with Crippen molar-refractivity contribution in [2.75, 3.05) is 7.11 Å². The Hall–Kier alpha value is -0.0400. The average molecular weight is 375 g/mol. The van der Waals surface area contributed by atoms with Crippen LogP contribution in [0.3, 0.4) is 0 Å². The van der Waals surface area contributed by atoms with Gasteiger partial charge in [-0.05, 0) is 111 Å². The van der Waals surface area contributed by atoms with Gasteiger partial charge in [-0.2, -0.15) is 0 Å².